The van der Waals surface area contributed by atoms with Crippen LogP contribution in [-0.4, -0.2) is 7.11 Å². The molecule has 0 atom stereocenters. The summed E-state index contributed by atoms with van der Waals surface area (Å²) in [6.07, 6.45) is 0. The molecule has 2 rings (SSSR count). The molecule has 5 heteroatoms. The van der Waals surface area contributed by atoms with Crippen molar-refractivity contribution in [3.05, 3.63) is 57.0 Å². The molecule has 0 aliphatic heterocycles. The topological polar surface area (TPSA) is 21.3 Å². The van der Waals surface area contributed by atoms with E-state index in [0.29, 0.717) is 27.4 Å². The third kappa shape index (κ3) is 3.69. The number of nitrogens with one attached hydrogen (secondary N) is 1. The van der Waals surface area contributed by atoms with Gasteiger partial charge in [0.1, 0.15) is 5.75 Å². The summed E-state index contributed by atoms with van der Waals surface area (Å²) in [5.41, 5.74) is 1.87. The fourth-order valence-corrected chi connectivity index (χ4v) is 2.37. The summed E-state index contributed by atoms with van der Waals surface area (Å²) in [5, 5.41) is 5.08. The van der Waals surface area contributed by atoms with Crippen LogP contribution in [0.25, 0.3) is 0 Å². The first kappa shape index (κ1) is 14.3. The van der Waals surface area contributed by atoms with Crippen LogP contribution in [0.3, 0.4) is 0 Å². The predicted octanol–water partition coefficient (Wildman–Crippen LogP) is 5.27. The number of hydrogen-bond donors (Lipinski definition) is 1. The molecule has 0 spiro atoms. The highest BCUT2D eigenvalue weighted by molar-refractivity contribution is 6.35. The van der Waals surface area contributed by atoms with Crippen molar-refractivity contribution in [2.24, 2.45) is 0 Å². The van der Waals surface area contributed by atoms with Crippen molar-refractivity contribution < 1.29 is 4.74 Å². The van der Waals surface area contributed by atoms with Crippen molar-refractivity contribution in [3.8, 4) is 5.75 Å². The molecule has 0 saturated carbocycles. The van der Waals surface area contributed by atoms with Crippen LogP contribution in [-0.2, 0) is 6.54 Å². The van der Waals surface area contributed by atoms with Gasteiger partial charge in [0.2, 0.25) is 0 Å². The average molecular weight is 317 g/mol. The Labute approximate surface area is 127 Å². The van der Waals surface area contributed by atoms with Crippen LogP contribution in [0.2, 0.25) is 15.1 Å². The number of hydrogen-bond acceptors (Lipinski definition) is 2. The quantitative estimate of drug-likeness (QED) is 0.830. The highest BCUT2D eigenvalue weighted by Crippen LogP contribution is 2.28. The fraction of sp³-hybridized carbons (Fsp3) is 0.143. The first-order valence-corrected chi connectivity index (χ1v) is 6.75. The fourth-order valence-electron chi connectivity index (χ4n) is 1.64. The number of anilines is 1. The Kier molecular flexibility index (Phi) is 4.81. The lowest BCUT2D eigenvalue weighted by Crippen LogP contribution is -2.00. The van der Waals surface area contributed by atoms with Crippen LogP contribution in [0, 0.1) is 0 Å². The zero-order chi connectivity index (χ0) is 13.8. The molecule has 0 heterocycles. The summed E-state index contributed by atoms with van der Waals surface area (Å²) < 4.78 is 5.10. The molecule has 0 aromatic heterocycles. The molecule has 2 nitrogen and oxygen atoms in total. The molecule has 100 valence electrons. The number of methoxy groups -OCH3 is 1. The minimum absolute atomic E-state index is 0.565. The van der Waals surface area contributed by atoms with E-state index in [-0.39, 0.29) is 0 Å². The second-order valence-electron chi connectivity index (χ2n) is 3.94. The van der Waals surface area contributed by atoms with E-state index in [1.807, 2.05) is 30.3 Å². The summed E-state index contributed by atoms with van der Waals surface area (Å²) in [4.78, 5) is 0. The first-order chi connectivity index (χ1) is 9.10. The molecule has 0 aliphatic rings. The number of halogens is 3. The van der Waals surface area contributed by atoms with E-state index in [4.69, 9.17) is 39.5 Å². The van der Waals surface area contributed by atoms with Gasteiger partial charge in [0, 0.05) is 22.3 Å². The van der Waals surface area contributed by atoms with Gasteiger partial charge in [-0.1, -0.05) is 40.9 Å². The summed E-state index contributed by atoms with van der Waals surface area (Å²) in [6.45, 7) is 0.596. The predicted molar refractivity (Wildman–Crippen MR) is 81.8 cm³/mol. The van der Waals surface area contributed by atoms with Gasteiger partial charge in [-0.2, -0.15) is 0 Å². The molecule has 1 N–H and O–H groups in total. The van der Waals surface area contributed by atoms with E-state index in [2.05, 4.69) is 5.32 Å². The Morgan fingerprint density at radius 1 is 1.00 bits per heavy atom. The highest BCUT2D eigenvalue weighted by Gasteiger charge is 2.04. The lowest BCUT2D eigenvalue weighted by Gasteiger charge is -2.10. The van der Waals surface area contributed by atoms with Gasteiger partial charge in [-0.05, 0) is 35.9 Å². The largest absolute Gasteiger partial charge is 0.495 e. The van der Waals surface area contributed by atoms with Crippen molar-refractivity contribution >= 4 is 40.5 Å². The summed E-state index contributed by atoms with van der Waals surface area (Å²) in [6, 6.07) is 10.9. The van der Waals surface area contributed by atoms with Gasteiger partial charge < -0.3 is 10.1 Å². The van der Waals surface area contributed by atoms with Crippen molar-refractivity contribution in [2.75, 3.05) is 12.4 Å². The van der Waals surface area contributed by atoms with Crippen LogP contribution in [0.15, 0.2) is 36.4 Å². The van der Waals surface area contributed by atoms with Crippen molar-refractivity contribution in [2.45, 2.75) is 6.54 Å². The van der Waals surface area contributed by atoms with E-state index in [0.717, 1.165) is 11.3 Å². The molecular formula is C14H12Cl3NO. The zero-order valence-corrected chi connectivity index (χ0v) is 12.5. The molecule has 0 aliphatic carbocycles. The van der Waals surface area contributed by atoms with E-state index in [9.17, 15) is 0 Å². The molecule has 2 aromatic rings. The Morgan fingerprint density at radius 2 is 1.79 bits per heavy atom. The van der Waals surface area contributed by atoms with Crippen LogP contribution < -0.4 is 10.1 Å². The minimum Gasteiger partial charge on any atom is -0.495 e. The molecule has 0 saturated heterocycles. The Balaban J connectivity index is 2.08. The maximum atomic E-state index is 6.10. The number of benzene rings is 2. The molecule has 0 fully saturated rings. The van der Waals surface area contributed by atoms with Gasteiger partial charge in [0.25, 0.3) is 0 Å². The highest BCUT2D eigenvalue weighted by atomic mass is 35.5. The Hall–Kier alpha value is -1.09. The van der Waals surface area contributed by atoms with Gasteiger partial charge in [-0.3, -0.25) is 0 Å². The molecule has 0 amide bonds. The maximum absolute atomic E-state index is 6.10. The first-order valence-electron chi connectivity index (χ1n) is 5.61. The molecule has 2 aromatic carbocycles. The van der Waals surface area contributed by atoms with Gasteiger partial charge in [0.05, 0.1) is 12.1 Å². The summed E-state index contributed by atoms with van der Waals surface area (Å²) in [7, 11) is 1.59. The second-order valence-corrected chi connectivity index (χ2v) is 5.19. The van der Waals surface area contributed by atoms with Gasteiger partial charge in [-0.25, -0.2) is 0 Å². The van der Waals surface area contributed by atoms with Gasteiger partial charge in [0.15, 0.2) is 0 Å². The van der Waals surface area contributed by atoms with E-state index in [1.165, 1.54) is 0 Å². The van der Waals surface area contributed by atoms with E-state index >= 15 is 0 Å². The summed E-state index contributed by atoms with van der Waals surface area (Å²) in [5.74, 6) is 0.650. The smallest absolute Gasteiger partial charge is 0.137 e. The third-order valence-corrected chi connectivity index (χ3v) is 3.53. The number of rotatable bonds is 4. The molecule has 19 heavy (non-hydrogen) atoms. The van der Waals surface area contributed by atoms with Crippen molar-refractivity contribution in [3.63, 3.8) is 0 Å². The zero-order valence-electron chi connectivity index (χ0n) is 10.2. The van der Waals surface area contributed by atoms with Crippen molar-refractivity contribution in [1.82, 2.24) is 0 Å². The van der Waals surface area contributed by atoms with E-state index < -0.39 is 0 Å². The van der Waals surface area contributed by atoms with Crippen LogP contribution in [0.5, 0.6) is 5.75 Å². The lowest BCUT2D eigenvalue weighted by molar-refractivity contribution is 0.415. The minimum atomic E-state index is 0.565. The third-order valence-electron chi connectivity index (χ3n) is 2.65. The Bertz CT molecular complexity index is 587. The molecule has 0 radical (unpaired) electrons. The van der Waals surface area contributed by atoms with Gasteiger partial charge >= 0.3 is 0 Å². The normalized spacial score (nSPS) is 10.3. The summed E-state index contributed by atoms with van der Waals surface area (Å²) >= 11 is 18.0. The SMILES string of the molecule is COc1ccc(NCc2ccc(Cl)cc2Cl)cc1Cl. The maximum Gasteiger partial charge on any atom is 0.137 e. The molecular weight excluding hydrogens is 305 g/mol. The van der Waals surface area contributed by atoms with E-state index in [1.54, 1.807) is 13.2 Å². The monoisotopic (exact) mass is 315 g/mol. The Morgan fingerprint density at radius 3 is 2.42 bits per heavy atom. The van der Waals surface area contributed by atoms with Crippen LogP contribution in [0.4, 0.5) is 5.69 Å². The van der Waals surface area contributed by atoms with Crippen molar-refractivity contribution in [1.29, 1.82) is 0 Å². The number of ether oxygens (including phenoxy) is 1. The van der Waals surface area contributed by atoms with Crippen LogP contribution in [0.1, 0.15) is 5.56 Å². The van der Waals surface area contributed by atoms with Gasteiger partial charge in [-0.15, -0.1) is 0 Å². The van der Waals surface area contributed by atoms with Crippen LogP contribution >= 0.6 is 34.8 Å². The standard InChI is InChI=1S/C14H12Cl3NO/c1-19-14-5-4-11(7-13(14)17)18-8-9-2-3-10(15)6-12(9)16/h2-7,18H,8H2,1H3. The molecule has 0 bridgehead atoms. The lowest BCUT2D eigenvalue weighted by atomic mass is 10.2. The second kappa shape index (κ2) is 6.38. The molecule has 0 unspecified atom stereocenters. The average Bonchev–Trinajstić information content (AvgIpc) is 2.38.